The molecule has 0 radical (unpaired) electrons. The molecule has 2 aromatic rings. The number of carbonyl (C=O) groups excluding carboxylic acids is 2. The van der Waals surface area contributed by atoms with Gasteiger partial charge >= 0.3 is 51.4 Å². The van der Waals surface area contributed by atoms with E-state index in [9.17, 15) is 24.9 Å². The van der Waals surface area contributed by atoms with Crippen LogP contribution in [0.15, 0.2) is 42.1 Å². The first-order chi connectivity index (χ1) is 12.4. The zero-order valence-electron chi connectivity index (χ0n) is 15.2. The molecule has 27 heavy (non-hydrogen) atoms. The number of fused-ring (bicyclic) bond motifs is 2. The van der Waals surface area contributed by atoms with Crippen LogP contribution in [0.1, 0.15) is 24.5 Å². The number of aliphatic carboxylic acids is 1. The van der Waals surface area contributed by atoms with Crippen LogP contribution in [-0.2, 0) is 16.2 Å². The van der Waals surface area contributed by atoms with Crippen LogP contribution in [0.5, 0.6) is 0 Å². The smallest absolute Gasteiger partial charge is 0.543 e. The fraction of sp³-hybridized carbons (Fsp3) is 0.300. The molecule has 2 aliphatic rings. The van der Waals surface area contributed by atoms with Crippen LogP contribution in [0.3, 0.4) is 0 Å². The number of carbonyl (C=O) groups is 2. The summed E-state index contributed by atoms with van der Waals surface area (Å²) in [5.41, 5.74) is 1.72. The van der Waals surface area contributed by atoms with Crippen molar-refractivity contribution >= 4 is 28.2 Å². The Hall–Kier alpha value is -1.06. The maximum atomic E-state index is 12.3. The molecule has 0 aliphatic carbocycles. The van der Waals surface area contributed by atoms with Gasteiger partial charge in [0.1, 0.15) is 0 Å². The second-order valence-corrected chi connectivity index (χ2v) is 6.88. The van der Waals surface area contributed by atoms with E-state index in [1.807, 2.05) is 30.3 Å². The summed E-state index contributed by atoms with van der Waals surface area (Å²) in [6, 6.07) is 10.8. The first-order valence-electron chi connectivity index (χ1n) is 8.52. The topological polar surface area (TPSA) is 101 Å². The Bertz CT molecular complexity index is 968. The summed E-state index contributed by atoms with van der Waals surface area (Å²) in [6.07, 6.45) is -0.496. The van der Waals surface area contributed by atoms with Crippen LogP contribution in [0.25, 0.3) is 16.3 Å². The molecule has 2 aliphatic heterocycles. The molecule has 7 heteroatoms. The zero-order chi connectivity index (χ0) is 18.6. The van der Waals surface area contributed by atoms with Crippen molar-refractivity contribution in [3.63, 3.8) is 0 Å². The van der Waals surface area contributed by atoms with Gasteiger partial charge in [-0.1, -0.05) is 24.3 Å². The predicted octanol–water partition coefficient (Wildman–Crippen LogP) is -2.59. The van der Waals surface area contributed by atoms with Gasteiger partial charge in [-0.3, -0.25) is 4.79 Å². The second-order valence-electron chi connectivity index (χ2n) is 6.88. The molecule has 3 atom stereocenters. The predicted molar refractivity (Wildman–Crippen MR) is 92.2 cm³/mol. The number of nitrogens with zero attached hydrogens (tertiary/aromatic N) is 1. The molecule has 0 spiro atoms. The average molecular weight is 391 g/mol. The number of benzene rings is 2. The Labute approximate surface area is 198 Å². The number of hydrogen-bond acceptors (Lipinski definition) is 5. The van der Waals surface area contributed by atoms with Crippen LogP contribution in [-0.4, -0.2) is 39.1 Å². The van der Waals surface area contributed by atoms with Gasteiger partial charge in [-0.15, -0.1) is 0 Å². The van der Waals surface area contributed by atoms with Crippen molar-refractivity contribution in [2.45, 2.75) is 32.1 Å². The van der Waals surface area contributed by atoms with Gasteiger partial charge in [0.2, 0.25) is 5.91 Å². The Morgan fingerprint density at radius 2 is 2.04 bits per heavy atom. The van der Waals surface area contributed by atoms with Crippen LogP contribution in [0.2, 0.25) is 0 Å². The average Bonchev–Trinajstić information content (AvgIpc) is 2.95. The Morgan fingerprint density at radius 3 is 2.67 bits per heavy atom. The molecule has 0 saturated carbocycles. The van der Waals surface area contributed by atoms with Crippen molar-refractivity contribution in [3.8, 4) is 0 Å². The summed E-state index contributed by atoms with van der Waals surface area (Å²) >= 11 is 0. The minimum Gasteiger partial charge on any atom is -0.543 e. The van der Waals surface area contributed by atoms with Gasteiger partial charge < -0.3 is 25.0 Å². The van der Waals surface area contributed by atoms with Gasteiger partial charge in [0.25, 0.3) is 0 Å². The molecule has 0 aromatic heterocycles. The summed E-state index contributed by atoms with van der Waals surface area (Å²) in [4.78, 5) is 25.3. The van der Waals surface area contributed by atoms with E-state index >= 15 is 0 Å². The van der Waals surface area contributed by atoms with Gasteiger partial charge in [-0.25, -0.2) is 0 Å². The molecule has 4 rings (SSSR count). The van der Waals surface area contributed by atoms with Crippen molar-refractivity contribution in [1.82, 2.24) is 4.90 Å². The monoisotopic (exact) mass is 391 g/mol. The Balaban J connectivity index is 0.00000210. The van der Waals surface area contributed by atoms with E-state index in [1.165, 1.54) is 11.8 Å². The first-order valence-corrected chi connectivity index (χ1v) is 8.52. The number of amides is 1. The van der Waals surface area contributed by atoms with Crippen LogP contribution < -0.4 is 56.5 Å². The van der Waals surface area contributed by atoms with E-state index in [1.54, 1.807) is 6.07 Å². The van der Waals surface area contributed by atoms with Gasteiger partial charge in [0.05, 0.1) is 36.3 Å². The van der Waals surface area contributed by atoms with Gasteiger partial charge in [-0.2, -0.15) is 0 Å². The van der Waals surface area contributed by atoms with E-state index in [0.717, 1.165) is 10.8 Å². The number of hydrogen-bond donors (Lipinski definition) is 2. The number of rotatable bonds is 4. The van der Waals surface area contributed by atoms with Gasteiger partial charge in [-0.05, 0) is 52.9 Å². The molecule has 6 nitrogen and oxygen atoms in total. The minimum absolute atomic E-state index is 0. The van der Waals surface area contributed by atoms with Crippen molar-refractivity contribution in [2.75, 3.05) is 0 Å². The number of carboxylic acid groups (broad SMARTS) is 1. The summed E-state index contributed by atoms with van der Waals surface area (Å²) in [5.74, 6) is -2.39. The maximum Gasteiger partial charge on any atom is 1.00 e. The van der Waals surface area contributed by atoms with Crippen LogP contribution in [0.4, 0.5) is 0 Å². The molecule has 2 aromatic carbocycles. The minimum atomic E-state index is -1.40. The molecular weight excluding hydrogens is 373 g/mol. The molecule has 2 heterocycles. The summed E-state index contributed by atoms with van der Waals surface area (Å²) < 4.78 is 0. The maximum absolute atomic E-state index is 12.3. The zero-order valence-corrected chi connectivity index (χ0v) is 18.3. The van der Waals surface area contributed by atoms with Crippen molar-refractivity contribution < 1.29 is 76.3 Å². The molecule has 2 N–H and O–H groups in total. The number of aliphatic hydroxyl groups excluding tert-OH is 2. The third-order valence-corrected chi connectivity index (χ3v) is 5.39. The molecule has 0 unspecified atom stereocenters. The number of aliphatic hydroxyl groups is 2. The van der Waals surface area contributed by atoms with Gasteiger partial charge in [0.15, 0.2) is 0 Å². The first kappa shape index (κ1) is 20.7. The van der Waals surface area contributed by atoms with E-state index in [2.05, 4.69) is 0 Å². The van der Waals surface area contributed by atoms with Crippen LogP contribution in [0, 0.1) is 5.92 Å². The molecule has 1 fully saturated rings. The fourth-order valence-corrected chi connectivity index (χ4v) is 4.21. The SMILES string of the molecule is C[C@@H](O)[C@H]1C(=O)N2C(C(=O)[O-])=C(c3cc(CO)c4ccccc4c3)C[C@H]12.[K+]. The number of β-lactam (4-membered cyclic amide) rings is 1. The quantitative estimate of drug-likeness (QED) is 0.440. The Morgan fingerprint density at radius 1 is 1.33 bits per heavy atom. The Kier molecular flexibility index (Phi) is 5.93. The molecule has 0 bridgehead atoms. The van der Waals surface area contributed by atoms with Crippen molar-refractivity contribution in [1.29, 1.82) is 0 Å². The molecule has 134 valence electrons. The van der Waals surface area contributed by atoms with E-state index in [-0.39, 0.29) is 75.6 Å². The molecule has 1 saturated heterocycles. The van der Waals surface area contributed by atoms with Crippen molar-refractivity contribution in [2.24, 2.45) is 5.92 Å². The fourth-order valence-electron chi connectivity index (χ4n) is 4.21. The normalized spacial score (nSPS) is 22.3. The van der Waals surface area contributed by atoms with Gasteiger partial charge in [0, 0.05) is 0 Å². The molecule has 1 amide bonds. The second kappa shape index (κ2) is 7.75. The standard InChI is InChI=1S/C20H19NO5.K/c1-10(23)17-16-8-15(18(20(25)26)21(16)19(17)24)12-6-11-4-2-3-5-14(11)13(7-12)9-22;/h2-7,10,16-17,22-23H,8-9H2,1H3,(H,25,26);/q;+1/p-1/t10-,16-,17-;/m1./s1. The van der Waals surface area contributed by atoms with Crippen LogP contribution >= 0.6 is 0 Å². The third-order valence-electron chi connectivity index (χ3n) is 5.39. The number of carboxylic acids is 1. The van der Waals surface area contributed by atoms with E-state index in [4.69, 9.17) is 0 Å². The summed E-state index contributed by atoms with van der Waals surface area (Å²) in [6.45, 7) is 1.36. The van der Waals surface area contributed by atoms with E-state index < -0.39 is 18.0 Å². The van der Waals surface area contributed by atoms with E-state index in [0.29, 0.717) is 23.1 Å². The summed E-state index contributed by atoms with van der Waals surface area (Å²) in [7, 11) is 0. The third kappa shape index (κ3) is 3.21. The largest absolute Gasteiger partial charge is 1.00 e. The van der Waals surface area contributed by atoms with Crippen molar-refractivity contribution in [3.05, 3.63) is 53.2 Å². The molecular formula is C20H18KNO5. The summed E-state index contributed by atoms with van der Waals surface area (Å²) in [5, 5.41) is 33.1.